The van der Waals surface area contributed by atoms with E-state index in [1.165, 1.54) is 0 Å². The lowest BCUT2D eigenvalue weighted by molar-refractivity contribution is 0.384. The molecule has 20 heavy (non-hydrogen) atoms. The Kier molecular flexibility index (Phi) is 3.30. The Bertz CT molecular complexity index is 709. The summed E-state index contributed by atoms with van der Waals surface area (Å²) in [5.74, 6) is 1.42. The van der Waals surface area contributed by atoms with Crippen LogP contribution in [0, 0.1) is 6.92 Å². The first-order valence-corrected chi connectivity index (χ1v) is 6.14. The molecule has 102 valence electrons. The average molecular weight is 292 g/mol. The van der Waals surface area contributed by atoms with Gasteiger partial charge in [0.15, 0.2) is 5.76 Å². The predicted octanol–water partition coefficient (Wildman–Crippen LogP) is 1.62. The Morgan fingerprint density at radius 1 is 1.35 bits per heavy atom. The van der Waals surface area contributed by atoms with Gasteiger partial charge in [-0.3, -0.25) is 4.57 Å². The molecule has 0 unspecified atom stereocenters. The molecule has 0 aromatic carbocycles. The average Bonchev–Trinajstić information content (AvgIpc) is 3.07. The zero-order valence-electron chi connectivity index (χ0n) is 10.5. The fourth-order valence-corrected chi connectivity index (χ4v) is 1.73. The van der Waals surface area contributed by atoms with E-state index in [2.05, 4.69) is 30.4 Å². The largest absolute Gasteiger partial charge is 0.359 e. The Labute approximate surface area is 118 Å². The first-order chi connectivity index (χ1) is 9.70. The van der Waals surface area contributed by atoms with Crippen molar-refractivity contribution in [1.82, 2.24) is 29.7 Å². The minimum absolute atomic E-state index is 0.0972. The molecule has 3 aromatic rings. The van der Waals surface area contributed by atoms with Crippen LogP contribution in [0.5, 0.6) is 0 Å². The highest BCUT2D eigenvalue weighted by Gasteiger charge is 2.07. The Morgan fingerprint density at radius 3 is 2.95 bits per heavy atom. The molecule has 0 saturated heterocycles. The number of aromatic nitrogens is 6. The lowest BCUT2D eigenvalue weighted by Crippen LogP contribution is -2.08. The standard InChI is InChI=1S/C11H10ClN7O/c1-7-4-8(20-18-7)5-14-10-15-9(12)16-11(17-10)19-3-2-13-6-19/h2-4,6H,5H2,1H3,(H,14,15,16,17). The maximum Gasteiger partial charge on any atom is 0.241 e. The summed E-state index contributed by atoms with van der Waals surface area (Å²) in [5.41, 5.74) is 0.814. The van der Waals surface area contributed by atoms with Crippen LogP contribution in [0.25, 0.3) is 5.95 Å². The smallest absolute Gasteiger partial charge is 0.241 e. The molecule has 0 amide bonds. The number of rotatable bonds is 4. The van der Waals surface area contributed by atoms with Crippen LogP contribution in [0.2, 0.25) is 5.28 Å². The minimum atomic E-state index is 0.0972. The number of hydrogen-bond acceptors (Lipinski definition) is 7. The van der Waals surface area contributed by atoms with Gasteiger partial charge in [-0.15, -0.1) is 0 Å². The number of hydrogen-bond donors (Lipinski definition) is 1. The molecule has 0 bridgehead atoms. The predicted molar refractivity (Wildman–Crippen MR) is 70.5 cm³/mol. The maximum absolute atomic E-state index is 5.88. The fourth-order valence-electron chi connectivity index (χ4n) is 1.58. The molecule has 0 atom stereocenters. The van der Waals surface area contributed by atoms with Crippen molar-refractivity contribution in [2.45, 2.75) is 13.5 Å². The molecule has 3 aromatic heterocycles. The molecular formula is C11H10ClN7O. The van der Waals surface area contributed by atoms with Crippen LogP contribution in [-0.4, -0.2) is 29.7 Å². The normalized spacial score (nSPS) is 10.7. The summed E-state index contributed by atoms with van der Waals surface area (Å²) >= 11 is 5.88. The maximum atomic E-state index is 5.88. The Morgan fingerprint density at radius 2 is 2.25 bits per heavy atom. The van der Waals surface area contributed by atoms with Crippen LogP contribution in [0.3, 0.4) is 0 Å². The van der Waals surface area contributed by atoms with Crippen molar-refractivity contribution in [3.05, 3.63) is 41.5 Å². The van der Waals surface area contributed by atoms with Gasteiger partial charge in [0.25, 0.3) is 0 Å². The van der Waals surface area contributed by atoms with E-state index < -0.39 is 0 Å². The number of nitrogens with zero attached hydrogens (tertiary/aromatic N) is 6. The van der Waals surface area contributed by atoms with Gasteiger partial charge < -0.3 is 9.84 Å². The summed E-state index contributed by atoms with van der Waals surface area (Å²) in [4.78, 5) is 16.2. The molecule has 3 rings (SSSR count). The second-order valence-electron chi connectivity index (χ2n) is 3.99. The van der Waals surface area contributed by atoms with E-state index in [-0.39, 0.29) is 5.28 Å². The van der Waals surface area contributed by atoms with Crippen molar-refractivity contribution in [2.75, 3.05) is 5.32 Å². The van der Waals surface area contributed by atoms with E-state index in [9.17, 15) is 0 Å². The summed E-state index contributed by atoms with van der Waals surface area (Å²) in [7, 11) is 0. The highest BCUT2D eigenvalue weighted by molar-refractivity contribution is 6.28. The summed E-state index contributed by atoms with van der Waals surface area (Å²) < 4.78 is 6.72. The van der Waals surface area contributed by atoms with Gasteiger partial charge in [-0.2, -0.15) is 15.0 Å². The molecule has 3 heterocycles. The van der Waals surface area contributed by atoms with Crippen LogP contribution < -0.4 is 5.32 Å². The lowest BCUT2D eigenvalue weighted by atomic mass is 10.4. The quantitative estimate of drug-likeness (QED) is 0.780. The molecule has 1 N–H and O–H groups in total. The third-order valence-corrected chi connectivity index (χ3v) is 2.60. The van der Waals surface area contributed by atoms with E-state index >= 15 is 0 Å². The minimum Gasteiger partial charge on any atom is -0.359 e. The van der Waals surface area contributed by atoms with Gasteiger partial charge in [0, 0.05) is 18.5 Å². The number of aryl methyl sites for hydroxylation is 1. The van der Waals surface area contributed by atoms with Crippen molar-refractivity contribution in [1.29, 1.82) is 0 Å². The molecule has 0 spiro atoms. The number of anilines is 1. The second kappa shape index (κ2) is 5.25. The molecule has 9 heteroatoms. The van der Waals surface area contributed by atoms with E-state index in [1.54, 1.807) is 23.3 Å². The lowest BCUT2D eigenvalue weighted by Gasteiger charge is -2.05. The van der Waals surface area contributed by atoms with Gasteiger partial charge in [-0.05, 0) is 18.5 Å². The zero-order chi connectivity index (χ0) is 13.9. The van der Waals surface area contributed by atoms with Crippen LogP contribution >= 0.6 is 11.6 Å². The summed E-state index contributed by atoms with van der Waals surface area (Å²) in [5, 5.41) is 6.90. The van der Waals surface area contributed by atoms with Crippen LogP contribution in [0.15, 0.2) is 29.3 Å². The fraction of sp³-hybridized carbons (Fsp3) is 0.182. The first kappa shape index (κ1) is 12.5. The molecule has 0 fully saturated rings. The topological polar surface area (TPSA) is 94.6 Å². The third kappa shape index (κ3) is 2.75. The van der Waals surface area contributed by atoms with E-state index in [0.717, 1.165) is 5.69 Å². The van der Waals surface area contributed by atoms with Crippen molar-refractivity contribution >= 4 is 17.5 Å². The summed E-state index contributed by atoms with van der Waals surface area (Å²) in [6.07, 6.45) is 4.92. The molecule has 0 radical (unpaired) electrons. The van der Waals surface area contributed by atoms with Gasteiger partial charge in [-0.1, -0.05) is 5.16 Å². The van der Waals surface area contributed by atoms with Crippen molar-refractivity contribution in [2.24, 2.45) is 0 Å². The van der Waals surface area contributed by atoms with Crippen LogP contribution in [0.4, 0.5) is 5.95 Å². The summed E-state index contributed by atoms with van der Waals surface area (Å²) in [6.45, 7) is 2.26. The van der Waals surface area contributed by atoms with Crippen molar-refractivity contribution < 1.29 is 4.52 Å². The molecule has 0 saturated carbocycles. The van der Waals surface area contributed by atoms with Gasteiger partial charge in [-0.25, -0.2) is 4.98 Å². The summed E-state index contributed by atoms with van der Waals surface area (Å²) in [6, 6.07) is 1.83. The molecule has 0 aliphatic carbocycles. The van der Waals surface area contributed by atoms with Crippen LogP contribution in [-0.2, 0) is 6.54 Å². The van der Waals surface area contributed by atoms with Gasteiger partial charge in [0.05, 0.1) is 12.2 Å². The van der Waals surface area contributed by atoms with Gasteiger partial charge >= 0.3 is 0 Å². The molecule has 0 aliphatic rings. The SMILES string of the molecule is Cc1cc(CNc2nc(Cl)nc(-n3ccnc3)n2)on1. The number of imidazole rings is 1. The Balaban J connectivity index is 1.79. The van der Waals surface area contributed by atoms with Crippen molar-refractivity contribution in [3.63, 3.8) is 0 Å². The number of nitrogens with one attached hydrogen (secondary N) is 1. The first-order valence-electron chi connectivity index (χ1n) is 5.77. The van der Waals surface area contributed by atoms with E-state index in [0.29, 0.717) is 24.2 Å². The molecule has 8 nitrogen and oxygen atoms in total. The van der Waals surface area contributed by atoms with E-state index in [1.807, 2.05) is 13.0 Å². The van der Waals surface area contributed by atoms with Crippen LogP contribution in [0.1, 0.15) is 11.5 Å². The third-order valence-electron chi connectivity index (χ3n) is 2.43. The van der Waals surface area contributed by atoms with E-state index in [4.69, 9.17) is 16.1 Å². The van der Waals surface area contributed by atoms with Crippen molar-refractivity contribution in [3.8, 4) is 5.95 Å². The van der Waals surface area contributed by atoms with Gasteiger partial charge in [0.2, 0.25) is 17.2 Å². The second-order valence-corrected chi connectivity index (χ2v) is 4.32. The molecular weight excluding hydrogens is 282 g/mol. The molecule has 0 aliphatic heterocycles. The Hall–Kier alpha value is -2.48. The highest BCUT2D eigenvalue weighted by Crippen LogP contribution is 2.11. The zero-order valence-corrected chi connectivity index (χ0v) is 11.2. The number of halogens is 1. The van der Waals surface area contributed by atoms with Gasteiger partial charge in [0.1, 0.15) is 6.33 Å². The highest BCUT2D eigenvalue weighted by atomic mass is 35.5. The monoisotopic (exact) mass is 291 g/mol.